The lowest BCUT2D eigenvalue weighted by Crippen LogP contribution is -2.42. The van der Waals surface area contributed by atoms with Crippen molar-refractivity contribution < 1.29 is 19.1 Å². The van der Waals surface area contributed by atoms with Gasteiger partial charge in [-0.3, -0.25) is 9.59 Å². The molecule has 3 aliphatic rings. The van der Waals surface area contributed by atoms with Crippen LogP contribution in [0, 0.1) is 40.4 Å². The van der Waals surface area contributed by atoms with Crippen LogP contribution in [0.2, 0.25) is 0 Å². The zero-order valence-electron chi connectivity index (χ0n) is 12.0. The summed E-state index contributed by atoms with van der Waals surface area (Å²) in [6.45, 7) is 5.62. The second-order valence-electron chi connectivity index (χ2n) is 6.75. The van der Waals surface area contributed by atoms with E-state index >= 15 is 0 Å². The van der Waals surface area contributed by atoms with Gasteiger partial charge in [0.25, 0.3) is 0 Å². The Morgan fingerprint density at radius 1 is 1.50 bits per heavy atom. The first-order valence-electron chi connectivity index (χ1n) is 7.22. The van der Waals surface area contributed by atoms with E-state index in [1.54, 1.807) is 0 Å². The van der Waals surface area contributed by atoms with Crippen LogP contribution in [-0.4, -0.2) is 24.1 Å². The van der Waals surface area contributed by atoms with E-state index in [0.29, 0.717) is 6.42 Å². The maximum Gasteiger partial charge on any atom is 0.311 e. The summed E-state index contributed by atoms with van der Waals surface area (Å²) in [7, 11) is 0. The van der Waals surface area contributed by atoms with Crippen molar-refractivity contribution in [1.29, 1.82) is 5.26 Å². The number of carbonyl (C=O) groups excluding carboxylic acids is 2. The number of hydrogen-bond donors (Lipinski definition) is 0. The Labute approximate surface area is 118 Å². The maximum atomic E-state index is 12.2. The Kier molecular flexibility index (Phi) is 2.82. The van der Waals surface area contributed by atoms with Crippen LogP contribution in [0.4, 0.5) is 0 Å². The summed E-state index contributed by atoms with van der Waals surface area (Å²) >= 11 is 0. The second kappa shape index (κ2) is 4.21. The molecule has 2 aliphatic carbocycles. The van der Waals surface area contributed by atoms with Gasteiger partial charge < -0.3 is 9.47 Å². The molecule has 1 heterocycles. The quantitative estimate of drug-likeness (QED) is 0.733. The molecule has 6 unspecified atom stereocenters. The fourth-order valence-electron chi connectivity index (χ4n) is 3.75. The van der Waals surface area contributed by atoms with Crippen molar-refractivity contribution >= 4 is 11.9 Å². The third-order valence-corrected chi connectivity index (χ3v) is 5.37. The number of rotatable bonds is 3. The van der Waals surface area contributed by atoms with Crippen molar-refractivity contribution in [2.24, 2.45) is 29.1 Å². The Morgan fingerprint density at radius 3 is 2.80 bits per heavy atom. The SMILES string of the molecule is CCC(C)(C)C(=O)OC1C2CC3C1OC(=O)C3C2C#N. The van der Waals surface area contributed by atoms with Gasteiger partial charge in [-0.2, -0.15) is 5.26 Å². The van der Waals surface area contributed by atoms with Crippen LogP contribution < -0.4 is 0 Å². The monoisotopic (exact) mass is 277 g/mol. The summed E-state index contributed by atoms with van der Waals surface area (Å²) in [6, 6.07) is 2.22. The highest BCUT2D eigenvalue weighted by Crippen LogP contribution is 2.58. The number of nitrogens with zero attached hydrogens (tertiary/aromatic N) is 1. The predicted octanol–water partition coefficient (Wildman–Crippen LogP) is 1.67. The fourth-order valence-corrected chi connectivity index (χ4v) is 3.75. The van der Waals surface area contributed by atoms with Crippen LogP contribution in [0.25, 0.3) is 0 Å². The molecule has 0 amide bonds. The summed E-state index contributed by atoms with van der Waals surface area (Å²) in [5, 5.41) is 9.29. The molecule has 2 bridgehead atoms. The van der Waals surface area contributed by atoms with Gasteiger partial charge in [-0.1, -0.05) is 6.92 Å². The number of ether oxygens (including phenoxy) is 2. The normalized spacial score (nSPS) is 41.4. The zero-order chi connectivity index (χ0) is 14.7. The number of esters is 2. The average Bonchev–Trinajstić information content (AvgIpc) is 3.01. The molecule has 108 valence electrons. The predicted molar refractivity (Wildman–Crippen MR) is 68.0 cm³/mol. The number of carbonyl (C=O) groups is 2. The molecule has 5 nitrogen and oxygen atoms in total. The van der Waals surface area contributed by atoms with E-state index in [2.05, 4.69) is 6.07 Å². The van der Waals surface area contributed by atoms with E-state index in [1.807, 2.05) is 20.8 Å². The molecule has 3 rings (SSSR count). The van der Waals surface area contributed by atoms with E-state index in [-0.39, 0.29) is 41.7 Å². The lowest BCUT2D eigenvalue weighted by molar-refractivity contribution is -0.171. The molecule has 0 aromatic carbocycles. The fraction of sp³-hybridized carbons (Fsp3) is 0.800. The van der Waals surface area contributed by atoms with Crippen LogP contribution >= 0.6 is 0 Å². The highest BCUT2D eigenvalue weighted by molar-refractivity contribution is 5.79. The summed E-state index contributed by atoms with van der Waals surface area (Å²) in [6.07, 6.45) is 0.662. The molecule has 6 atom stereocenters. The lowest BCUT2D eigenvalue weighted by Gasteiger charge is -2.31. The minimum Gasteiger partial charge on any atom is -0.458 e. The summed E-state index contributed by atoms with van der Waals surface area (Å²) in [4.78, 5) is 24.1. The summed E-state index contributed by atoms with van der Waals surface area (Å²) in [5.74, 6) is -1.23. The Hall–Kier alpha value is -1.57. The molecule has 0 spiro atoms. The topological polar surface area (TPSA) is 76.4 Å². The number of fused-ring (bicyclic) bond motifs is 1. The second-order valence-corrected chi connectivity index (χ2v) is 6.75. The van der Waals surface area contributed by atoms with Crippen molar-refractivity contribution in [3.63, 3.8) is 0 Å². The van der Waals surface area contributed by atoms with Crippen molar-refractivity contribution in [3.8, 4) is 6.07 Å². The third-order valence-electron chi connectivity index (χ3n) is 5.37. The first kappa shape index (κ1) is 13.4. The molecule has 0 radical (unpaired) electrons. The third kappa shape index (κ3) is 1.60. The van der Waals surface area contributed by atoms with Gasteiger partial charge in [0, 0.05) is 11.8 Å². The molecule has 0 aromatic rings. The Morgan fingerprint density at radius 2 is 2.20 bits per heavy atom. The minimum atomic E-state index is -0.550. The highest BCUT2D eigenvalue weighted by atomic mass is 16.6. The minimum absolute atomic E-state index is 0.0527. The smallest absolute Gasteiger partial charge is 0.311 e. The van der Waals surface area contributed by atoms with Gasteiger partial charge in [0.2, 0.25) is 0 Å². The van der Waals surface area contributed by atoms with Crippen LogP contribution in [0.5, 0.6) is 0 Å². The molecule has 0 aromatic heterocycles. The van der Waals surface area contributed by atoms with Gasteiger partial charge in [0.05, 0.1) is 23.3 Å². The van der Waals surface area contributed by atoms with Crippen molar-refractivity contribution in [1.82, 2.24) is 0 Å². The summed E-state index contributed by atoms with van der Waals surface area (Å²) in [5.41, 5.74) is -0.550. The van der Waals surface area contributed by atoms with Crippen molar-refractivity contribution in [2.75, 3.05) is 0 Å². The van der Waals surface area contributed by atoms with E-state index < -0.39 is 11.5 Å². The molecule has 20 heavy (non-hydrogen) atoms. The first-order chi connectivity index (χ1) is 9.40. The van der Waals surface area contributed by atoms with E-state index in [1.165, 1.54) is 0 Å². The highest BCUT2D eigenvalue weighted by Gasteiger charge is 2.68. The van der Waals surface area contributed by atoms with Crippen LogP contribution in [-0.2, 0) is 19.1 Å². The number of hydrogen-bond acceptors (Lipinski definition) is 5. The van der Waals surface area contributed by atoms with Gasteiger partial charge in [-0.05, 0) is 26.7 Å². The van der Waals surface area contributed by atoms with Gasteiger partial charge in [-0.25, -0.2) is 0 Å². The van der Waals surface area contributed by atoms with Crippen molar-refractivity contribution in [3.05, 3.63) is 0 Å². The number of nitriles is 1. The van der Waals surface area contributed by atoms with Crippen LogP contribution in [0.1, 0.15) is 33.6 Å². The van der Waals surface area contributed by atoms with Crippen LogP contribution in [0.15, 0.2) is 0 Å². The van der Waals surface area contributed by atoms with Crippen molar-refractivity contribution in [2.45, 2.75) is 45.8 Å². The molecular formula is C15H19NO4. The van der Waals surface area contributed by atoms with Gasteiger partial charge in [-0.15, -0.1) is 0 Å². The Bertz CT molecular complexity index is 506. The van der Waals surface area contributed by atoms with Gasteiger partial charge in [0.1, 0.15) is 12.2 Å². The zero-order valence-corrected chi connectivity index (χ0v) is 12.0. The van der Waals surface area contributed by atoms with Gasteiger partial charge >= 0.3 is 11.9 Å². The Balaban J connectivity index is 1.81. The van der Waals surface area contributed by atoms with Crippen LogP contribution in [0.3, 0.4) is 0 Å². The molecule has 0 N–H and O–H groups in total. The molecule has 5 heteroatoms. The average molecular weight is 277 g/mol. The van der Waals surface area contributed by atoms with Gasteiger partial charge in [0.15, 0.2) is 0 Å². The largest absolute Gasteiger partial charge is 0.458 e. The molecule has 2 saturated carbocycles. The van der Waals surface area contributed by atoms with E-state index in [9.17, 15) is 14.9 Å². The standard InChI is InChI=1S/C15H19NO4/c1-4-15(2,3)14(18)20-11-7-5-8-10(9(7)6-16)13(17)19-12(8)11/h7-12H,4-5H2,1-3H3. The molecule has 1 saturated heterocycles. The lowest BCUT2D eigenvalue weighted by atomic mass is 9.79. The molecular weight excluding hydrogens is 258 g/mol. The molecule has 3 fully saturated rings. The summed E-state index contributed by atoms with van der Waals surface area (Å²) < 4.78 is 11.0. The van der Waals surface area contributed by atoms with E-state index in [0.717, 1.165) is 6.42 Å². The molecule has 1 aliphatic heterocycles. The first-order valence-corrected chi connectivity index (χ1v) is 7.22. The maximum absolute atomic E-state index is 12.2. The van der Waals surface area contributed by atoms with E-state index in [4.69, 9.17) is 9.47 Å².